The number of aromatic nitrogens is 3. The molecule has 0 saturated heterocycles. The number of carbonyl (C=O) groups is 2. The quantitative estimate of drug-likeness (QED) is 0.290. The van der Waals surface area contributed by atoms with Crippen LogP contribution in [0.25, 0.3) is 5.65 Å². The maximum Gasteiger partial charge on any atom is 0.435 e. The second-order valence-corrected chi connectivity index (χ2v) is 8.61. The molecular weight excluding hydrogens is 554 g/mol. The van der Waals surface area contributed by atoms with Gasteiger partial charge in [-0.05, 0) is 43.3 Å². The first kappa shape index (κ1) is 28.2. The van der Waals surface area contributed by atoms with E-state index >= 15 is 0 Å². The van der Waals surface area contributed by atoms with Crippen molar-refractivity contribution in [1.29, 1.82) is 0 Å². The topological polar surface area (TPSA) is 88.4 Å². The van der Waals surface area contributed by atoms with Gasteiger partial charge in [0.1, 0.15) is 0 Å². The van der Waals surface area contributed by atoms with Crippen molar-refractivity contribution in [3.63, 3.8) is 0 Å². The molecule has 0 spiro atoms. The highest BCUT2D eigenvalue weighted by Gasteiger charge is 2.39. The van der Waals surface area contributed by atoms with Crippen LogP contribution in [0.4, 0.5) is 18.9 Å². The summed E-state index contributed by atoms with van der Waals surface area (Å²) in [6.07, 6.45) is -2.57. The van der Waals surface area contributed by atoms with E-state index in [4.69, 9.17) is 23.2 Å². The normalized spacial score (nSPS) is 12.1. The van der Waals surface area contributed by atoms with Gasteiger partial charge in [0, 0.05) is 12.4 Å². The van der Waals surface area contributed by atoms with Crippen molar-refractivity contribution in [1.82, 2.24) is 19.7 Å². The lowest BCUT2D eigenvalue weighted by molar-refractivity contribution is -0.141. The second-order valence-electron chi connectivity index (χ2n) is 7.79. The number of anilines is 1. The Balaban J connectivity index is 0.00000380. The van der Waals surface area contributed by atoms with Crippen LogP contribution < -0.4 is 10.6 Å². The van der Waals surface area contributed by atoms with Gasteiger partial charge in [-0.1, -0.05) is 35.3 Å². The summed E-state index contributed by atoms with van der Waals surface area (Å²) in [4.78, 5) is 33.4. The summed E-state index contributed by atoms with van der Waals surface area (Å²) >= 11 is 12.2. The molecule has 2 amide bonds. The number of benzene rings is 1. The zero-order chi connectivity index (χ0) is 26.0. The van der Waals surface area contributed by atoms with E-state index in [9.17, 15) is 22.8 Å². The highest BCUT2D eigenvalue weighted by molar-refractivity contribution is 6.40. The standard InChI is InChI=1S/C24H18Cl2F3N5O2.ClH/c1-13(16-8-2-3-10-30-16)31-19(35)12-18-21(24(27,28)29)33-22-17(9-5-11-34(18)22)32-23(36)20-14(25)6-4-7-15(20)26;/h2-11,13H,12H2,1H3,(H,31,35)(H,32,36);1H. The number of amides is 2. The Morgan fingerprint density at radius 1 is 1.05 bits per heavy atom. The predicted molar refractivity (Wildman–Crippen MR) is 136 cm³/mol. The molecule has 0 fully saturated rings. The highest BCUT2D eigenvalue weighted by Crippen LogP contribution is 2.34. The summed E-state index contributed by atoms with van der Waals surface area (Å²) in [5.41, 5.74) is -1.30. The molecule has 0 aliphatic heterocycles. The number of rotatable bonds is 6. The predicted octanol–water partition coefficient (Wildman–Crippen LogP) is 6.15. The molecule has 194 valence electrons. The summed E-state index contributed by atoms with van der Waals surface area (Å²) in [6.45, 7) is 1.67. The van der Waals surface area contributed by atoms with E-state index in [-0.39, 0.29) is 45.0 Å². The van der Waals surface area contributed by atoms with Crippen LogP contribution in [0.3, 0.4) is 0 Å². The molecule has 1 unspecified atom stereocenters. The van der Waals surface area contributed by atoms with Gasteiger partial charge in [-0.15, -0.1) is 12.4 Å². The lowest BCUT2D eigenvalue weighted by Crippen LogP contribution is -2.29. The van der Waals surface area contributed by atoms with Crippen molar-refractivity contribution in [2.45, 2.75) is 25.6 Å². The van der Waals surface area contributed by atoms with E-state index in [1.54, 1.807) is 37.4 Å². The fourth-order valence-electron chi connectivity index (χ4n) is 3.66. The molecule has 1 aromatic carbocycles. The molecule has 0 radical (unpaired) electrons. The number of hydrogen-bond donors (Lipinski definition) is 2. The first-order chi connectivity index (χ1) is 17.1. The maximum absolute atomic E-state index is 13.9. The van der Waals surface area contributed by atoms with Crippen molar-refractivity contribution < 1.29 is 22.8 Å². The molecule has 3 aromatic heterocycles. The van der Waals surface area contributed by atoms with Crippen LogP contribution in [0, 0.1) is 0 Å². The molecule has 4 rings (SSSR count). The van der Waals surface area contributed by atoms with Crippen molar-refractivity contribution >= 4 is 58.8 Å². The van der Waals surface area contributed by atoms with Gasteiger partial charge in [0.2, 0.25) is 5.91 Å². The monoisotopic (exact) mass is 571 g/mol. The Hall–Kier alpha value is -3.34. The van der Waals surface area contributed by atoms with Gasteiger partial charge in [0.15, 0.2) is 11.3 Å². The Labute approximate surface area is 225 Å². The van der Waals surface area contributed by atoms with Crippen LogP contribution in [0.1, 0.15) is 40.4 Å². The van der Waals surface area contributed by atoms with E-state index in [1.807, 2.05) is 0 Å². The van der Waals surface area contributed by atoms with Crippen molar-refractivity contribution in [2.75, 3.05) is 5.32 Å². The molecule has 37 heavy (non-hydrogen) atoms. The Morgan fingerprint density at radius 3 is 2.38 bits per heavy atom. The van der Waals surface area contributed by atoms with E-state index in [0.29, 0.717) is 5.69 Å². The molecule has 0 aliphatic rings. The van der Waals surface area contributed by atoms with Crippen LogP contribution >= 0.6 is 35.6 Å². The fraction of sp³-hybridized carbons (Fsp3) is 0.167. The van der Waals surface area contributed by atoms with Gasteiger partial charge >= 0.3 is 6.18 Å². The van der Waals surface area contributed by atoms with Crippen LogP contribution in [-0.4, -0.2) is 26.2 Å². The largest absolute Gasteiger partial charge is 0.435 e. The smallest absolute Gasteiger partial charge is 0.348 e. The Morgan fingerprint density at radius 2 is 1.76 bits per heavy atom. The van der Waals surface area contributed by atoms with Crippen molar-refractivity contribution in [2.24, 2.45) is 0 Å². The first-order valence-corrected chi connectivity index (χ1v) is 11.3. The van der Waals surface area contributed by atoms with Crippen molar-refractivity contribution in [3.05, 3.63) is 93.6 Å². The number of carbonyl (C=O) groups excluding carboxylic acids is 2. The van der Waals surface area contributed by atoms with Gasteiger partial charge in [-0.2, -0.15) is 13.2 Å². The minimum Gasteiger partial charge on any atom is -0.348 e. The Kier molecular flexibility index (Phi) is 8.68. The summed E-state index contributed by atoms with van der Waals surface area (Å²) in [6, 6.07) is 11.9. The van der Waals surface area contributed by atoms with Gasteiger partial charge < -0.3 is 15.0 Å². The van der Waals surface area contributed by atoms with E-state index in [1.165, 1.54) is 30.5 Å². The van der Waals surface area contributed by atoms with E-state index < -0.39 is 36.1 Å². The lowest BCUT2D eigenvalue weighted by Gasteiger charge is -2.14. The third-order valence-electron chi connectivity index (χ3n) is 5.29. The number of pyridine rings is 2. The van der Waals surface area contributed by atoms with Crippen LogP contribution in [0.5, 0.6) is 0 Å². The molecule has 2 N–H and O–H groups in total. The molecule has 4 aromatic rings. The van der Waals surface area contributed by atoms with Crippen molar-refractivity contribution in [3.8, 4) is 0 Å². The Bertz CT molecular complexity index is 1420. The summed E-state index contributed by atoms with van der Waals surface area (Å²) in [5, 5.41) is 5.31. The van der Waals surface area contributed by atoms with Gasteiger partial charge in [0.25, 0.3) is 5.91 Å². The molecule has 0 aliphatic carbocycles. The second kappa shape index (κ2) is 11.4. The zero-order valence-corrected chi connectivity index (χ0v) is 21.3. The first-order valence-electron chi connectivity index (χ1n) is 10.6. The van der Waals surface area contributed by atoms with E-state index in [2.05, 4.69) is 20.6 Å². The van der Waals surface area contributed by atoms with Crippen LogP contribution in [0.2, 0.25) is 10.0 Å². The summed E-state index contributed by atoms with van der Waals surface area (Å²) in [5.74, 6) is -1.38. The third-order valence-corrected chi connectivity index (χ3v) is 5.92. The zero-order valence-electron chi connectivity index (χ0n) is 19.0. The number of alkyl halides is 3. The van der Waals surface area contributed by atoms with Crippen LogP contribution in [-0.2, 0) is 17.4 Å². The van der Waals surface area contributed by atoms with Gasteiger partial charge in [-0.25, -0.2) is 4.98 Å². The lowest BCUT2D eigenvalue weighted by atomic mass is 10.2. The minimum absolute atomic E-state index is 0. The van der Waals surface area contributed by atoms with Crippen LogP contribution in [0.15, 0.2) is 60.9 Å². The van der Waals surface area contributed by atoms with Gasteiger partial charge in [0.05, 0.1) is 45.1 Å². The number of nitrogens with one attached hydrogen (secondary N) is 2. The number of fused-ring (bicyclic) bond motifs is 1. The molecule has 3 heterocycles. The number of halogens is 6. The molecule has 13 heteroatoms. The molecular formula is C24H19Cl3F3N5O2. The summed E-state index contributed by atoms with van der Waals surface area (Å²) < 4.78 is 42.8. The molecule has 7 nitrogen and oxygen atoms in total. The fourth-order valence-corrected chi connectivity index (χ4v) is 4.23. The molecule has 0 bridgehead atoms. The average molecular weight is 573 g/mol. The number of imidazole rings is 1. The highest BCUT2D eigenvalue weighted by atomic mass is 35.5. The molecule has 0 saturated carbocycles. The third kappa shape index (κ3) is 6.15. The minimum atomic E-state index is -4.85. The number of hydrogen-bond acceptors (Lipinski definition) is 4. The van der Waals surface area contributed by atoms with Gasteiger partial charge in [-0.3, -0.25) is 14.6 Å². The summed E-state index contributed by atoms with van der Waals surface area (Å²) in [7, 11) is 0. The number of nitrogens with zero attached hydrogens (tertiary/aromatic N) is 3. The molecule has 1 atom stereocenters. The SMILES string of the molecule is CC(NC(=O)Cc1c(C(F)(F)F)nc2c(NC(=O)c3c(Cl)cccc3Cl)cccn12)c1ccccn1.Cl. The van der Waals surface area contributed by atoms with E-state index in [0.717, 1.165) is 4.40 Å². The maximum atomic E-state index is 13.9. The average Bonchev–Trinajstić information content (AvgIpc) is 3.19.